The largest absolute Gasteiger partial charge is 0.395 e. The standard InChI is InChI=1S/C12H19ClN2O/c1-2-3-6-15(7-8-16)10-12-9-11(13)4-5-14-12/h4-5,9,16H,2-3,6-8,10H2,1H3. The van der Waals surface area contributed by atoms with E-state index < -0.39 is 0 Å². The number of hydrogen-bond donors (Lipinski definition) is 1. The van der Waals surface area contributed by atoms with Gasteiger partial charge in [0.2, 0.25) is 0 Å². The summed E-state index contributed by atoms with van der Waals surface area (Å²) in [5, 5.41) is 9.69. The molecule has 1 aromatic rings. The van der Waals surface area contributed by atoms with Crippen molar-refractivity contribution in [2.75, 3.05) is 19.7 Å². The van der Waals surface area contributed by atoms with Crippen molar-refractivity contribution in [2.45, 2.75) is 26.3 Å². The Labute approximate surface area is 102 Å². The lowest BCUT2D eigenvalue weighted by atomic mass is 10.3. The normalized spacial score (nSPS) is 11.0. The molecule has 0 unspecified atom stereocenters. The van der Waals surface area contributed by atoms with E-state index in [9.17, 15) is 0 Å². The van der Waals surface area contributed by atoms with Gasteiger partial charge in [0.05, 0.1) is 12.3 Å². The van der Waals surface area contributed by atoms with E-state index in [1.807, 2.05) is 6.07 Å². The number of pyridine rings is 1. The van der Waals surface area contributed by atoms with Crippen LogP contribution in [-0.4, -0.2) is 34.7 Å². The summed E-state index contributed by atoms with van der Waals surface area (Å²) in [4.78, 5) is 6.46. The first-order chi connectivity index (χ1) is 7.76. The monoisotopic (exact) mass is 242 g/mol. The first kappa shape index (κ1) is 13.4. The number of halogens is 1. The van der Waals surface area contributed by atoms with Crippen molar-refractivity contribution in [3.05, 3.63) is 29.0 Å². The number of aliphatic hydroxyl groups excluding tert-OH is 1. The molecule has 1 rings (SSSR count). The van der Waals surface area contributed by atoms with E-state index in [1.165, 1.54) is 0 Å². The third-order valence-electron chi connectivity index (χ3n) is 2.41. The van der Waals surface area contributed by atoms with E-state index in [-0.39, 0.29) is 6.61 Å². The zero-order chi connectivity index (χ0) is 11.8. The molecule has 0 amide bonds. The van der Waals surface area contributed by atoms with E-state index in [0.29, 0.717) is 11.6 Å². The maximum atomic E-state index is 8.98. The smallest absolute Gasteiger partial charge is 0.0558 e. The molecule has 4 heteroatoms. The second-order valence-electron chi connectivity index (χ2n) is 3.82. The maximum Gasteiger partial charge on any atom is 0.0558 e. The summed E-state index contributed by atoms with van der Waals surface area (Å²) in [6.45, 7) is 4.78. The van der Waals surface area contributed by atoms with Crippen LogP contribution in [0.3, 0.4) is 0 Å². The fraction of sp³-hybridized carbons (Fsp3) is 0.583. The van der Waals surface area contributed by atoms with Gasteiger partial charge in [0.25, 0.3) is 0 Å². The quantitative estimate of drug-likeness (QED) is 0.797. The number of hydrogen-bond acceptors (Lipinski definition) is 3. The van der Waals surface area contributed by atoms with Gasteiger partial charge in [0.1, 0.15) is 0 Å². The maximum absolute atomic E-state index is 8.98. The molecule has 0 fully saturated rings. The molecule has 0 bridgehead atoms. The number of rotatable bonds is 7. The molecule has 0 aliphatic heterocycles. The van der Waals surface area contributed by atoms with Crippen molar-refractivity contribution >= 4 is 11.6 Å². The summed E-state index contributed by atoms with van der Waals surface area (Å²) in [6, 6.07) is 3.64. The van der Waals surface area contributed by atoms with Crippen LogP contribution in [-0.2, 0) is 6.54 Å². The Morgan fingerprint density at radius 1 is 1.44 bits per heavy atom. The van der Waals surface area contributed by atoms with Crippen LogP contribution in [0.4, 0.5) is 0 Å². The van der Waals surface area contributed by atoms with E-state index in [1.54, 1.807) is 12.3 Å². The van der Waals surface area contributed by atoms with Crippen LogP contribution in [0.2, 0.25) is 5.02 Å². The molecule has 16 heavy (non-hydrogen) atoms. The molecule has 0 saturated heterocycles. The zero-order valence-corrected chi connectivity index (χ0v) is 10.5. The van der Waals surface area contributed by atoms with Gasteiger partial charge in [0, 0.05) is 24.3 Å². The Hall–Kier alpha value is -0.640. The lowest BCUT2D eigenvalue weighted by Gasteiger charge is -2.20. The molecule has 0 spiro atoms. The van der Waals surface area contributed by atoms with Crippen molar-refractivity contribution in [2.24, 2.45) is 0 Å². The third kappa shape index (κ3) is 4.92. The fourth-order valence-electron chi connectivity index (χ4n) is 1.56. The van der Waals surface area contributed by atoms with Crippen molar-refractivity contribution in [1.82, 2.24) is 9.88 Å². The first-order valence-corrected chi connectivity index (χ1v) is 6.07. The Morgan fingerprint density at radius 2 is 2.25 bits per heavy atom. The highest BCUT2D eigenvalue weighted by Gasteiger charge is 2.05. The summed E-state index contributed by atoms with van der Waals surface area (Å²) < 4.78 is 0. The Kier molecular flexibility index (Phi) is 6.38. The molecule has 90 valence electrons. The number of nitrogens with zero attached hydrogens (tertiary/aromatic N) is 2. The van der Waals surface area contributed by atoms with Crippen LogP contribution in [0.15, 0.2) is 18.3 Å². The second kappa shape index (κ2) is 7.60. The minimum absolute atomic E-state index is 0.185. The van der Waals surface area contributed by atoms with E-state index in [2.05, 4.69) is 16.8 Å². The van der Waals surface area contributed by atoms with E-state index >= 15 is 0 Å². The summed E-state index contributed by atoms with van der Waals surface area (Å²) in [6.07, 6.45) is 4.01. The van der Waals surface area contributed by atoms with Gasteiger partial charge in [-0.25, -0.2) is 0 Å². The molecule has 1 aromatic heterocycles. The van der Waals surface area contributed by atoms with Crippen molar-refractivity contribution in [3.8, 4) is 0 Å². The van der Waals surface area contributed by atoms with Crippen LogP contribution < -0.4 is 0 Å². The molecule has 1 heterocycles. The zero-order valence-electron chi connectivity index (χ0n) is 9.69. The summed E-state index contributed by atoms with van der Waals surface area (Å²) in [5.41, 5.74) is 0.956. The molecule has 0 radical (unpaired) electrons. The van der Waals surface area contributed by atoms with Gasteiger partial charge in [0.15, 0.2) is 0 Å². The highest BCUT2D eigenvalue weighted by Crippen LogP contribution is 2.10. The van der Waals surface area contributed by atoms with Crippen molar-refractivity contribution in [1.29, 1.82) is 0 Å². The Balaban J connectivity index is 2.52. The first-order valence-electron chi connectivity index (χ1n) is 5.70. The minimum atomic E-state index is 0.185. The molecule has 0 atom stereocenters. The third-order valence-corrected chi connectivity index (χ3v) is 2.64. The molecular formula is C12H19ClN2O. The molecule has 3 nitrogen and oxygen atoms in total. The number of aromatic nitrogens is 1. The predicted molar refractivity (Wildman–Crippen MR) is 66.5 cm³/mol. The van der Waals surface area contributed by atoms with Gasteiger partial charge >= 0.3 is 0 Å². The highest BCUT2D eigenvalue weighted by molar-refractivity contribution is 6.30. The van der Waals surface area contributed by atoms with Crippen molar-refractivity contribution in [3.63, 3.8) is 0 Å². The summed E-state index contributed by atoms with van der Waals surface area (Å²) >= 11 is 5.90. The van der Waals surface area contributed by atoms with Gasteiger partial charge in [-0.15, -0.1) is 0 Å². The van der Waals surface area contributed by atoms with Crippen LogP contribution in [0.5, 0.6) is 0 Å². The average molecular weight is 243 g/mol. The van der Waals surface area contributed by atoms with Gasteiger partial charge < -0.3 is 5.11 Å². The molecule has 0 aliphatic carbocycles. The van der Waals surface area contributed by atoms with Crippen LogP contribution in [0.1, 0.15) is 25.5 Å². The molecule has 0 aromatic carbocycles. The van der Waals surface area contributed by atoms with Gasteiger partial charge in [-0.2, -0.15) is 0 Å². The summed E-state index contributed by atoms with van der Waals surface area (Å²) in [7, 11) is 0. The lowest BCUT2D eigenvalue weighted by molar-refractivity contribution is 0.187. The second-order valence-corrected chi connectivity index (χ2v) is 4.26. The van der Waals surface area contributed by atoms with Crippen LogP contribution in [0.25, 0.3) is 0 Å². The lowest BCUT2D eigenvalue weighted by Crippen LogP contribution is -2.27. The fourth-order valence-corrected chi connectivity index (χ4v) is 1.74. The highest BCUT2D eigenvalue weighted by atomic mass is 35.5. The van der Waals surface area contributed by atoms with Crippen LogP contribution in [0, 0.1) is 0 Å². The summed E-state index contributed by atoms with van der Waals surface area (Å²) in [5.74, 6) is 0. The Bertz CT molecular complexity index is 307. The minimum Gasteiger partial charge on any atom is -0.395 e. The van der Waals surface area contributed by atoms with Crippen molar-refractivity contribution < 1.29 is 5.11 Å². The van der Waals surface area contributed by atoms with Crippen LogP contribution >= 0.6 is 11.6 Å². The van der Waals surface area contributed by atoms with Gasteiger partial charge in [-0.1, -0.05) is 24.9 Å². The average Bonchev–Trinajstić information content (AvgIpc) is 2.26. The number of aliphatic hydroxyl groups is 1. The predicted octanol–water partition coefficient (Wildman–Crippen LogP) is 2.33. The SMILES string of the molecule is CCCCN(CCO)Cc1cc(Cl)ccn1. The molecule has 0 aliphatic rings. The van der Waals surface area contributed by atoms with E-state index in [0.717, 1.165) is 31.6 Å². The number of unbranched alkanes of at least 4 members (excludes halogenated alkanes) is 1. The van der Waals surface area contributed by atoms with E-state index in [4.69, 9.17) is 16.7 Å². The molecule has 1 N–H and O–H groups in total. The molecular weight excluding hydrogens is 224 g/mol. The topological polar surface area (TPSA) is 36.4 Å². The molecule has 0 saturated carbocycles. The Morgan fingerprint density at radius 3 is 2.88 bits per heavy atom. The van der Waals surface area contributed by atoms with Gasteiger partial charge in [-0.05, 0) is 25.1 Å². The van der Waals surface area contributed by atoms with Gasteiger partial charge in [-0.3, -0.25) is 9.88 Å².